The van der Waals surface area contributed by atoms with Crippen LogP contribution in [0.2, 0.25) is 5.02 Å². The molecule has 0 spiro atoms. The Bertz CT molecular complexity index is 1050. The fourth-order valence-corrected chi connectivity index (χ4v) is 3.58. The summed E-state index contributed by atoms with van der Waals surface area (Å²) in [5, 5.41) is 3.83. The zero-order valence-corrected chi connectivity index (χ0v) is 18.0. The van der Waals surface area contributed by atoms with Gasteiger partial charge in [-0.05, 0) is 55.8 Å². The number of hydrogen-bond donors (Lipinski definition) is 1. The van der Waals surface area contributed by atoms with Crippen molar-refractivity contribution in [2.24, 2.45) is 0 Å². The Hall–Kier alpha value is -2.90. The maximum atomic E-state index is 12.6. The summed E-state index contributed by atoms with van der Waals surface area (Å²) in [4.78, 5) is 33.5. The first-order valence-corrected chi connectivity index (χ1v) is 10.6. The number of benzene rings is 1. The molecule has 3 rings (SSSR count). The highest BCUT2D eigenvalue weighted by atomic mass is 35.5. The van der Waals surface area contributed by atoms with E-state index >= 15 is 0 Å². The molecule has 1 atom stereocenters. The number of thioether (sulfide) groups is 1. The molecule has 1 amide bonds. The molecule has 0 bridgehead atoms. The smallest absolute Gasteiger partial charge is 0.341 e. The Balaban J connectivity index is 1.64. The quantitative estimate of drug-likeness (QED) is 0.406. The lowest BCUT2D eigenvalue weighted by molar-refractivity contribution is -0.113. The van der Waals surface area contributed by atoms with Gasteiger partial charge in [-0.25, -0.2) is 9.78 Å². The number of halogens is 1. The Kier molecular flexibility index (Phi) is 7.43. The molecule has 1 N–H and O–H groups in total. The highest BCUT2D eigenvalue weighted by Gasteiger charge is 2.19. The number of esters is 1. The van der Waals surface area contributed by atoms with Crippen LogP contribution in [0.15, 0.2) is 66.0 Å². The highest BCUT2D eigenvalue weighted by Crippen LogP contribution is 2.25. The largest absolute Gasteiger partial charge is 0.452 e. The van der Waals surface area contributed by atoms with E-state index < -0.39 is 12.1 Å². The van der Waals surface area contributed by atoms with Gasteiger partial charge in [0.05, 0.1) is 17.0 Å². The van der Waals surface area contributed by atoms with E-state index in [9.17, 15) is 9.59 Å². The van der Waals surface area contributed by atoms with E-state index in [0.717, 1.165) is 17.3 Å². The topological polar surface area (TPSA) is 81.2 Å². The van der Waals surface area contributed by atoms with Gasteiger partial charge in [0.2, 0.25) is 5.91 Å². The summed E-state index contributed by atoms with van der Waals surface area (Å²) in [5.74, 6) is -0.661. The minimum atomic E-state index is -0.519. The Morgan fingerprint density at radius 1 is 1.10 bits per heavy atom. The molecule has 0 saturated heterocycles. The second kappa shape index (κ2) is 10.2. The van der Waals surface area contributed by atoms with Gasteiger partial charge in [0.25, 0.3) is 0 Å². The second-order valence-electron chi connectivity index (χ2n) is 6.41. The predicted molar refractivity (Wildman–Crippen MR) is 118 cm³/mol. The van der Waals surface area contributed by atoms with Crippen LogP contribution in [0.25, 0.3) is 0 Å². The van der Waals surface area contributed by atoms with Gasteiger partial charge in [0, 0.05) is 23.1 Å². The Labute approximate surface area is 184 Å². The molecular formula is C22H20ClN3O3S. The number of nitrogens with one attached hydrogen (secondary N) is 1. The van der Waals surface area contributed by atoms with Crippen LogP contribution in [0.4, 0.5) is 5.69 Å². The summed E-state index contributed by atoms with van der Waals surface area (Å²) >= 11 is 7.25. The lowest BCUT2D eigenvalue weighted by Crippen LogP contribution is -2.16. The van der Waals surface area contributed by atoms with Crippen molar-refractivity contribution in [3.05, 3.63) is 82.8 Å². The Morgan fingerprint density at radius 3 is 2.67 bits per heavy atom. The first kappa shape index (κ1) is 21.8. The van der Waals surface area contributed by atoms with Crippen LogP contribution in [-0.2, 0) is 9.53 Å². The predicted octanol–water partition coefficient (Wildman–Crippen LogP) is 5.09. The van der Waals surface area contributed by atoms with E-state index in [1.165, 1.54) is 0 Å². The van der Waals surface area contributed by atoms with Gasteiger partial charge in [-0.1, -0.05) is 35.5 Å². The van der Waals surface area contributed by atoms with E-state index in [2.05, 4.69) is 15.3 Å². The summed E-state index contributed by atoms with van der Waals surface area (Å²) < 4.78 is 5.52. The molecule has 30 heavy (non-hydrogen) atoms. The monoisotopic (exact) mass is 441 g/mol. The molecule has 2 aromatic heterocycles. The van der Waals surface area contributed by atoms with Crippen LogP contribution in [0.3, 0.4) is 0 Å². The molecule has 8 heteroatoms. The molecule has 0 aliphatic carbocycles. The normalized spacial score (nSPS) is 11.6. The molecule has 0 fully saturated rings. The molecule has 6 nitrogen and oxygen atoms in total. The Morgan fingerprint density at radius 2 is 1.90 bits per heavy atom. The summed E-state index contributed by atoms with van der Waals surface area (Å²) in [6, 6.07) is 14.0. The number of nitrogens with zero attached hydrogens (tertiary/aromatic N) is 2. The molecule has 0 aliphatic rings. The summed E-state index contributed by atoms with van der Waals surface area (Å²) in [6.07, 6.45) is 2.71. The molecule has 1 aromatic carbocycles. The maximum absolute atomic E-state index is 12.6. The fraction of sp³-hybridized carbons (Fsp3) is 0.182. The van der Waals surface area contributed by atoms with Crippen molar-refractivity contribution in [1.29, 1.82) is 0 Å². The number of carbonyl (C=O) groups excluding carboxylic acids is 2. The average Bonchev–Trinajstić information content (AvgIpc) is 2.76. The number of carbonyl (C=O) groups is 2. The van der Waals surface area contributed by atoms with Crippen molar-refractivity contribution in [3.63, 3.8) is 0 Å². The summed E-state index contributed by atoms with van der Waals surface area (Å²) in [6.45, 7) is 3.59. The first-order chi connectivity index (χ1) is 14.5. The van der Waals surface area contributed by atoms with Crippen LogP contribution in [-0.4, -0.2) is 27.6 Å². The van der Waals surface area contributed by atoms with Gasteiger partial charge in [0.15, 0.2) is 0 Å². The van der Waals surface area contributed by atoms with Crippen molar-refractivity contribution in [3.8, 4) is 0 Å². The SMILES string of the molecule is Cc1c(Cl)cccc1NC(=O)CSc1ncccc1C(=O)OC(C)c1ccccn1. The number of aromatic nitrogens is 2. The van der Waals surface area contributed by atoms with Crippen molar-refractivity contribution in [1.82, 2.24) is 9.97 Å². The van der Waals surface area contributed by atoms with Gasteiger partial charge in [-0.2, -0.15) is 0 Å². The van der Waals surface area contributed by atoms with E-state index in [-0.39, 0.29) is 11.7 Å². The van der Waals surface area contributed by atoms with Crippen LogP contribution < -0.4 is 5.32 Å². The molecule has 3 aromatic rings. The van der Waals surface area contributed by atoms with Gasteiger partial charge >= 0.3 is 5.97 Å². The number of rotatable bonds is 7. The standard InChI is InChI=1S/C22H20ClN3O3S/c1-14-17(23)8-5-10-18(14)26-20(27)13-30-21-16(7-6-12-25-21)22(28)29-15(2)19-9-3-4-11-24-19/h3-12,15H,13H2,1-2H3,(H,26,27). The molecule has 0 aliphatic heterocycles. The molecular weight excluding hydrogens is 422 g/mol. The zero-order valence-electron chi connectivity index (χ0n) is 16.5. The van der Waals surface area contributed by atoms with Crippen LogP contribution in [0.1, 0.15) is 34.6 Å². The number of pyridine rings is 2. The average molecular weight is 442 g/mol. The van der Waals surface area contributed by atoms with Gasteiger partial charge in [-0.3, -0.25) is 9.78 Å². The first-order valence-electron chi connectivity index (χ1n) is 9.20. The molecule has 1 unspecified atom stereocenters. The third-order valence-electron chi connectivity index (χ3n) is 4.26. The minimum absolute atomic E-state index is 0.0824. The molecule has 154 valence electrons. The van der Waals surface area contributed by atoms with Gasteiger partial charge in [0.1, 0.15) is 11.1 Å². The molecule has 0 radical (unpaired) electrons. The van der Waals surface area contributed by atoms with E-state index in [0.29, 0.717) is 27.0 Å². The fourth-order valence-electron chi connectivity index (χ4n) is 2.63. The summed E-state index contributed by atoms with van der Waals surface area (Å²) in [5.41, 5.74) is 2.40. The van der Waals surface area contributed by atoms with E-state index in [1.807, 2.05) is 13.0 Å². The van der Waals surface area contributed by atoms with Crippen LogP contribution >= 0.6 is 23.4 Å². The number of ether oxygens (including phenoxy) is 1. The van der Waals surface area contributed by atoms with Gasteiger partial charge in [-0.15, -0.1) is 0 Å². The van der Waals surface area contributed by atoms with Crippen molar-refractivity contribution in [2.75, 3.05) is 11.1 Å². The third kappa shape index (κ3) is 5.58. The second-order valence-corrected chi connectivity index (χ2v) is 7.78. The lowest BCUT2D eigenvalue weighted by Gasteiger charge is -2.14. The number of hydrogen-bond acceptors (Lipinski definition) is 6. The van der Waals surface area contributed by atoms with Crippen molar-refractivity contribution in [2.45, 2.75) is 25.0 Å². The van der Waals surface area contributed by atoms with E-state index in [4.69, 9.17) is 16.3 Å². The maximum Gasteiger partial charge on any atom is 0.341 e. The van der Waals surface area contributed by atoms with Crippen LogP contribution in [0, 0.1) is 6.92 Å². The molecule has 0 saturated carbocycles. The minimum Gasteiger partial charge on any atom is -0.452 e. The highest BCUT2D eigenvalue weighted by molar-refractivity contribution is 8.00. The van der Waals surface area contributed by atoms with Crippen LogP contribution in [0.5, 0.6) is 0 Å². The number of amides is 1. The van der Waals surface area contributed by atoms with Gasteiger partial charge < -0.3 is 10.1 Å². The third-order valence-corrected chi connectivity index (χ3v) is 5.68. The van der Waals surface area contributed by atoms with E-state index in [1.54, 1.807) is 61.8 Å². The number of anilines is 1. The van der Waals surface area contributed by atoms with Crippen molar-refractivity contribution >= 4 is 40.9 Å². The zero-order chi connectivity index (χ0) is 21.5. The van der Waals surface area contributed by atoms with Crippen molar-refractivity contribution < 1.29 is 14.3 Å². The molecule has 2 heterocycles. The summed E-state index contributed by atoms with van der Waals surface area (Å²) in [7, 11) is 0. The lowest BCUT2D eigenvalue weighted by atomic mass is 10.2.